The van der Waals surface area contributed by atoms with Crippen LogP contribution >= 0.6 is 0 Å². The Balaban J connectivity index is 1.62. The van der Waals surface area contributed by atoms with Gasteiger partial charge in [-0.25, -0.2) is 14.4 Å². The van der Waals surface area contributed by atoms with Crippen LogP contribution in [0.4, 0.5) is 23.4 Å². The van der Waals surface area contributed by atoms with Crippen LogP contribution in [0.2, 0.25) is 0 Å². The van der Waals surface area contributed by atoms with Crippen molar-refractivity contribution in [1.29, 1.82) is 0 Å². The van der Waals surface area contributed by atoms with Crippen LogP contribution in [0.3, 0.4) is 0 Å². The molecule has 13 heteroatoms. The number of nitrogens with zero attached hydrogens (tertiary/aromatic N) is 3. The van der Waals surface area contributed by atoms with Crippen LogP contribution in [-0.4, -0.2) is 62.8 Å². The number of morpholine rings is 1. The Labute approximate surface area is 208 Å². The smallest absolute Gasteiger partial charge is 0.394 e. The summed E-state index contributed by atoms with van der Waals surface area (Å²) in [6, 6.07) is 1.70. The van der Waals surface area contributed by atoms with E-state index in [0.717, 1.165) is 24.4 Å². The van der Waals surface area contributed by atoms with Crippen molar-refractivity contribution in [3.63, 3.8) is 0 Å². The lowest BCUT2D eigenvalue weighted by Crippen LogP contribution is -2.50. The topological polar surface area (TPSA) is 120 Å². The quantitative estimate of drug-likeness (QED) is 0.440. The Kier molecular flexibility index (Phi) is 7.20. The molecule has 3 aromatic rings. The number of carbonyl (C=O) groups excluding carboxylic acids is 1. The highest BCUT2D eigenvalue weighted by Gasteiger charge is 2.36. The van der Waals surface area contributed by atoms with Gasteiger partial charge in [-0.05, 0) is 44.5 Å². The molecule has 2 aromatic heterocycles. The molecule has 0 bridgehead atoms. The van der Waals surface area contributed by atoms with Crippen LogP contribution in [0, 0.1) is 12.7 Å². The highest BCUT2D eigenvalue weighted by atomic mass is 19.4. The Morgan fingerprint density at radius 3 is 2.70 bits per heavy atom. The van der Waals surface area contributed by atoms with E-state index in [2.05, 4.69) is 20.3 Å². The Morgan fingerprint density at radius 2 is 2.05 bits per heavy atom. The third-order valence-electron chi connectivity index (χ3n) is 6.03. The summed E-state index contributed by atoms with van der Waals surface area (Å²) in [4.78, 5) is 36.9. The van der Waals surface area contributed by atoms with E-state index in [1.807, 2.05) is 0 Å². The molecule has 1 saturated heterocycles. The molecule has 0 aliphatic carbocycles. The number of aromatic amines is 1. The number of aliphatic hydroxyl groups excluding tert-OH is 1. The van der Waals surface area contributed by atoms with Gasteiger partial charge in [0.15, 0.2) is 11.6 Å². The Bertz CT molecular complexity index is 1390. The van der Waals surface area contributed by atoms with Crippen molar-refractivity contribution in [2.75, 3.05) is 25.0 Å². The van der Waals surface area contributed by atoms with E-state index >= 15 is 0 Å². The number of rotatable bonds is 5. The molecule has 9 nitrogen and oxygen atoms in total. The average molecular weight is 523 g/mol. The van der Waals surface area contributed by atoms with E-state index in [1.165, 1.54) is 18.7 Å². The average Bonchev–Trinajstić information content (AvgIpc) is 2.83. The van der Waals surface area contributed by atoms with Gasteiger partial charge in [-0.15, -0.1) is 0 Å². The van der Waals surface area contributed by atoms with E-state index in [-0.39, 0.29) is 59.5 Å². The van der Waals surface area contributed by atoms with Crippen molar-refractivity contribution in [2.24, 2.45) is 0 Å². The van der Waals surface area contributed by atoms with Crippen LogP contribution < -0.4 is 10.9 Å². The molecular weight excluding hydrogens is 498 g/mol. The molecule has 1 fully saturated rings. The Hall–Kier alpha value is -3.58. The molecule has 1 aliphatic heterocycles. The normalized spacial score (nSPS) is 19.2. The van der Waals surface area contributed by atoms with Crippen molar-refractivity contribution < 1.29 is 32.2 Å². The highest BCUT2D eigenvalue weighted by Crippen LogP contribution is 2.37. The van der Waals surface area contributed by atoms with Crippen LogP contribution in [0.1, 0.15) is 47.2 Å². The fraction of sp³-hybridized carbons (Fsp3) is 0.417. The molecule has 3 atom stereocenters. The van der Waals surface area contributed by atoms with Crippen LogP contribution in [0.15, 0.2) is 29.2 Å². The fourth-order valence-corrected chi connectivity index (χ4v) is 4.36. The van der Waals surface area contributed by atoms with Crippen molar-refractivity contribution in [3.8, 4) is 0 Å². The van der Waals surface area contributed by atoms with Gasteiger partial charge in [-0.1, -0.05) is 0 Å². The zero-order valence-electron chi connectivity index (χ0n) is 20.2. The van der Waals surface area contributed by atoms with Gasteiger partial charge < -0.3 is 25.0 Å². The zero-order valence-corrected chi connectivity index (χ0v) is 20.2. The summed E-state index contributed by atoms with van der Waals surface area (Å²) >= 11 is 0. The number of halogens is 4. The Morgan fingerprint density at radius 1 is 1.32 bits per heavy atom. The van der Waals surface area contributed by atoms with Gasteiger partial charge in [0.1, 0.15) is 5.82 Å². The number of anilines is 1. The molecule has 3 N–H and O–H groups in total. The molecule has 37 heavy (non-hydrogen) atoms. The lowest BCUT2D eigenvalue weighted by Gasteiger charge is -2.36. The van der Waals surface area contributed by atoms with Gasteiger partial charge in [0.05, 0.1) is 46.9 Å². The van der Waals surface area contributed by atoms with Gasteiger partial charge in [0.2, 0.25) is 0 Å². The molecule has 1 aliphatic rings. The predicted molar refractivity (Wildman–Crippen MR) is 126 cm³/mol. The van der Waals surface area contributed by atoms with Gasteiger partial charge in [0.25, 0.3) is 11.5 Å². The minimum absolute atomic E-state index is 0.0439. The van der Waals surface area contributed by atoms with Crippen molar-refractivity contribution in [3.05, 3.63) is 63.1 Å². The number of H-pyrrole nitrogens is 1. The summed E-state index contributed by atoms with van der Waals surface area (Å²) in [6.45, 7) is 4.65. The second-order valence-electron chi connectivity index (χ2n) is 8.99. The minimum atomic E-state index is -4.76. The third kappa shape index (κ3) is 5.57. The van der Waals surface area contributed by atoms with E-state index in [0.29, 0.717) is 0 Å². The number of amides is 1. The van der Waals surface area contributed by atoms with E-state index in [4.69, 9.17) is 4.74 Å². The summed E-state index contributed by atoms with van der Waals surface area (Å²) < 4.78 is 62.0. The monoisotopic (exact) mass is 523 g/mol. The summed E-state index contributed by atoms with van der Waals surface area (Å²) in [5.74, 6) is -1.65. The van der Waals surface area contributed by atoms with E-state index < -0.39 is 41.2 Å². The molecule has 4 rings (SSSR count). The number of aliphatic hydroxyl groups is 1. The number of fused-ring (bicyclic) bond motifs is 1. The first kappa shape index (κ1) is 26.5. The largest absolute Gasteiger partial charge is 0.416 e. The third-order valence-corrected chi connectivity index (χ3v) is 6.03. The van der Waals surface area contributed by atoms with E-state index in [9.17, 15) is 32.3 Å². The van der Waals surface area contributed by atoms with Crippen LogP contribution in [-0.2, 0) is 10.9 Å². The first-order valence-corrected chi connectivity index (χ1v) is 11.5. The number of hydrogen-bond donors (Lipinski definition) is 3. The van der Waals surface area contributed by atoms with Crippen molar-refractivity contribution in [2.45, 2.75) is 45.2 Å². The molecule has 0 spiro atoms. The van der Waals surface area contributed by atoms with Crippen molar-refractivity contribution in [1.82, 2.24) is 19.9 Å². The molecule has 0 saturated carbocycles. The molecule has 1 aromatic carbocycles. The number of aromatic nitrogens is 3. The lowest BCUT2D eigenvalue weighted by molar-refractivity contribution is -0.138. The zero-order chi connectivity index (χ0) is 27.1. The van der Waals surface area contributed by atoms with Gasteiger partial charge in [0, 0.05) is 19.3 Å². The predicted octanol–water partition coefficient (Wildman–Crippen LogP) is 3.18. The number of carbonyl (C=O) groups is 1. The molecule has 3 heterocycles. The van der Waals surface area contributed by atoms with E-state index in [1.54, 1.807) is 6.92 Å². The number of pyridine rings is 1. The number of hydrogen-bond acceptors (Lipinski definition) is 7. The van der Waals surface area contributed by atoms with Gasteiger partial charge in [-0.3, -0.25) is 9.59 Å². The van der Waals surface area contributed by atoms with Gasteiger partial charge >= 0.3 is 6.18 Å². The second-order valence-corrected chi connectivity index (χ2v) is 8.99. The minimum Gasteiger partial charge on any atom is -0.394 e. The summed E-state index contributed by atoms with van der Waals surface area (Å²) in [5.41, 5.74) is -2.09. The maximum absolute atomic E-state index is 14.9. The number of nitrogens with one attached hydrogen (secondary N) is 2. The molecule has 3 unspecified atom stereocenters. The number of ether oxygens (including phenoxy) is 1. The number of aryl methyl sites for hydroxylation is 1. The fourth-order valence-electron chi connectivity index (χ4n) is 4.36. The first-order chi connectivity index (χ1) is 17.4. The summed E-state index contributed by atoms with van der Waals surface area (Å²) in [5, 5.41) is 11.9. The van der Waals surface area contributed by atoms with Crippen LogP contribution in [0.5, 0.6) is 0 Å². The standard InChI is InChI=1S/C24H25F4N5O4/c1-11-8-33(9-15(10-34)37-11)23(36)14-4-19(25)21(29-7-14)30-12(2)16-5-17-20(6-18(16)24(26,27)28)31-13(3)32-22(17)35/h4-7,11-12,15,34H,8-10H2,1-3H3,(H,29,30)(H,31,32,35). The number of alkyl halides is 3. The number of benzene rings is 1. The molecular formula is C24H25F4N5O4. The maximum Gasteiger partial charge on any atom is 0.416 e. The highest BCUT2D eigenvalue weighted by molar-refractivity contribution is 5.94. The summed E-state index contributed by atoms with van der Waals surface area (Å²) in [6.07, 6.45) is -4.53. The molecule has 198 valence electrons. The first-order valence-electron chi connectivity index (χ1n) is 11.5. The summed E-state index contributed by atoms with van der Waals surface area (Å²) in [7, 11) is 0. The lowest BCUT2D eigenvalue weighted by atomic mass is 9.98. The molecule has 1 amide bonds. The second kappa shape index (κ2) is 10.1. The molecule has 0 radical (unpaired) electrons. The maximum atomic E-state index is 14.9. The van der Waals surface area contributed by atoms with Gasteiger partial charge in [-0.2, -0.15) is 13.2 Å². The van der Waals surface area contributed by atoms with Crippen molar-refractivity contribution >= 4 is 22.6 Å². The SMILES string of the molecule is Cc1nc2cc(C(F)(F)F)c(C(C)Nc3ncc(C(=O)N4CC(C)OC(CO)C4)cc3F)cc2c(=O)[nH]1. The van der Waals surface area contributed by atoms with Crippen LogP contribution in [0.25, 0.3) is 10.9 Å².